The van der Waals surface area contributed by atoms with Gasteiger partial charge in [0.25, 0.3) is 0 Å². The van der Waals surface area contributed by atoms with Crippen LogP contribution in [-0.4, -0.2) is 50.2 Å². The lowest BCUT2D eigenvalue weighted by molar-refractivity contribution is -0.403. The van der Waals surface area contributed by atoms with Gasteiger partial charge in [-0.2, -0.15) is 26.3 Å². The monoisotopic (exact) mass is 414 g/mol. The van der Waals surface area contributed by atoms with Gasteiger partial charge in [-0.05, 0) is 6.07 Å². The molecule has 0 unspecified atom stereocenters. The van der Waals surface area contributed by atoms with E-state index in [9.17, 15) is 34.8 Å². The Labute approximate surface area is 138 Å². The number of hydrogen-bond acceptors (Lipinski definition) is 6. The summed E-state index contributed by atoms with van der Waals surface area (Å²) >= 11 is 0. The van der Waals surface area contributed by atoms with E-state index in [0.29, 0.717) is 0 Å². The van der Waals surface area contributed by atoms with Gasteiger partial charge in [0.1, 0.15) is 12.2 Å². The Morgan fingerprint density at radius 1 is 1.12 bits per heavy atom. The molecular formula is C10H8F6N2O5S2. The van der Waals surface area contributed by atoms with E-state index in [4.69, 9.17) is 13.0 Å². The molecule has 7 nitrogen and oxygen atoms in total. The third-order valence-electron chi connectivity index (χ3n) is 2.62. The molecule has 0 radical (unpaired) electrons. The first-order valence-electron chi connectivity index (χ1n) is 5.93. The minimum atomic E-state index is -6.09. The van der Waals surface area contributed by atoms with Crippen LogP contribution in [0.2, 0.25) is 0 Å². The predicted molar refractivity (Wildman–Crippen MR) is 69.3 cm³/mol. The van der Waals surface area contributed by atoms with Crippen LogP contribution < -0.4 is 4.90 Å². The number of para-hydroxylation sites is 2. The maximum Gasteiger partial charge on any atom is 0.485 e. The zero-order valence-electron chi connectivity index (χ0n) is 11.7. The molecule has 0 aliphatic carbocycles. The third kappa shape index (κ3) is 5.86. The molecule has 1 aromatic carbocycles. The van der Waals surface area contributed by atoms with E-state index in [1.54, 1.807) is 12.1 Å². The number of fused-ring (bicyclic) bond motifs is 1. The van der Waals surface area contributed by atoms with Crippen molar-refractivity contribution >= 4 is 32.0 Å². The van der Waals surface area contributed by atoms with E-state index in [-0.39, 0.29) is 18.0 Å². The van der Waals surface area contributed by atoms with E-state index < -0.39 is 38.8 Å². The summed E-state index contributed by atoms with van der Waals surface area (Å²) < 4.78 is 119. The largest absolute Gasteiger partial charge is 0.741 e. The van der Waals surface area contributed by atoms with Crippen LogP contribution in [0.3, 0.4) is 0 Å². The first-order chi connectivity index (χ1) is 11.1. The van der Waals surface area contributed by atoms with Gasteiger partial charge in [0.15, 0.2) is 10.1 Å². The Balaban J connectivity index is 0.000000333. The Morgan fingerprint density at radius 2 is 1.60 bits per heavy atom. The SMILES string of the molecule is O=S(=O)([O-])C(F)(F)F.O=S(=O)=[N+]1CN(CC(F)(F)F)c2ccccc21. The molecule has 0 aromatic heterocycles. The number of anilines is 1. The van der Waals surface area contributed by atoms with Gasteiger partial charge in [-0.3, -0.25) is 0 Å². The van der Waals surface area contributed by atoms with E-state index in [0.717, 1.165) is 8.85 Å². The van der Waals surface area contributed by atoms with Crippen LogP contribution in [0.1, 0.15) is 0 Å². The Kier molecular flexibility index (Phi) is 6.07. The Hall–Kier alpha value is -1.87. The molecule has 25 heavy (non-hydrogen) atoms. The smallest absolute Gasteiger partial charge is 0.485 e. The van der Waals surface area contributed by atoms with Crippen LogP contribution in [0.4, 0.5) is 37.7 Å². The van der Waals surface area contributed by atoms with Crippen LogP contribution >= 0.6 is 0 Å². The van der Waals surface area contributed by atoms with E-state index in [2.05, 4.69) is 0 Å². The second-order valence-electron chi connectivity index (χ2n) is 4.44. The zero-order chi connectivity index (χ0) is 19.6. The van der Waals surface area contributed by atoms with Crippen molar-refractivity contribution in [2.75, 3.05) is 18.1 Å². The third-order valence-corrected chi connectivity index (χ3v) is 3.86. The van der Waals surface area contributed by atoms with E-state index >= 15 is 0 Å². The molecule has 142 valence electrons. The summed E-state index contributed by atoms with van der Waals surface area (Å²) in [6.45, 7) is -1.48. The van der Waals surface area contributed by atoms with E-state index in [1.165, 1.54) is 12.1 Å². The number of hydrogen-bond donors (Lipinski definition) is 0. The maximum atomic E-state index is 12.3. The molecule has 0 atom stereocenters. The van der Waals surface area contributed by atoms with Crippen LogP contribution in [0, 0.1) is 0 Å². The average Bonchev–Trinajstić information content (AvgIpc) is 2.74. The number of rotatable bonds is 1. The van der Waals surface area contributed by atoms with Gasteiger partial charge in [0.05, 0.1) is 0 Å². The second kappa shape index (κ2) is 7.17. The van der Waals surface area contributed by atoms with Gasteiger partial charge in [0, 0.05) is 6.07 Å². The van der Waals surface area contributed by atoms with Crippen molar-refractivity contribution in [1.82, 2.24) is 0 Å². The molecule has 2 rings (SSSR count). The molecule has 1 aliphatic heterocycles. The van der Waals surface area contributed by atoms with Gasteiger partial charge in [-0.15, -0.1) is 8.42 Å². The highest BCUT2D eigenvalue weighted by Gasteiger charge is 2.40. The van der Waals surface area contributed by atoms with Crippen molar-refractivity contribution in [1.29, 1.82) is 0 Å². The van der Waals surface area contributed by atoms with Crippen molar-refractivity contribution in [3.05, 3.63) is 24.3 Å². The summed E-state index contributed by atoms with van der Waals surface area (Å²) in [5.74, 6) is 0. The molecule has 1 heterocycles. The number of halogens is 6. The molecule has 0 fully saturated rings. The second-order valence-corrected chi connectivity index (χ2v) is 6.68. The first kappa shape index (κ1) is 21.2. The molecule has 0 bridgehead atoms. The van der Waals surface area contributed by atoms with Crippen molar-refractivity contribution in [3.8, 4) is 0 Å². The van der Waals surface area contributed by atoms with Gasteiger partial charge >= 0.3 is 22.2 Å². The van der Waals surface area contributed by atoms with Gasteiger partial charge in [-0.25, -0.2) is 8.42 Å². The van der Waals surface area contributed by atoms with Crippen LogP contribution in [-0.2, 0) is 20.6 Å². The highest BCUT2D eigenvalue weighted by atomic mass is 32.2. The van der Waals surface area contributed by atoms with Crippen LogP contribution in [0.15, 0.2) is 24.3 Å². The summed E-state index contributed by atoms with van der Waals surface area (Å²) in [4.78, 5) is 0.977. The molecule has 0 spiro atoms. The summed E-state index contributed by atoms with van der Waals surface area (Å²) in [6, 6.07) is 6.09. The highest BCUT2D eigenvalue weighted by molar-refractivity contribution is 7.86. The van der Waals surface area contributed by atoms with Crippen molar-refractivity contribution in [2.24, 2.45) is 0 Å². The summed E-state index contributed by atoms with van der Waals surface area (Å²) in [5.41, 5.74) is -5.10. The Morgan fingerprint density at radius 3 is 2.00 bits per heavy atom. The minimum Gasteiger partial charge on any atom is -0.741 e. The van der Waals surface area contributed by atoms with Crippen LogP contribution in [0.25, 0.3) is 0 Å². The molecule has 0 saturated carbocycles. The summed E-state index contributed by atoms with van der Waals surface area (Å²) in [5, 5.41) is 0. The van der Waals surface area contributed by atoms with Crippen molar-refractivity contribution in [2.45, 2.75) is 11.7 Å². The fourth-order valence-corrected chi connectivity index (χ4v) is 2.28. The summed E-state index contributed by atoms with van der Waals surface area (Å²) in [7, 11) is -8.67. The normalized spacial score (nSPS) is 14.7. The highest BCUT2D eigenvalue weighted by Crippen LogP contribution is 2.35. The lowest BCUT2D eigenvalue weighted by atomic mass is 10.2. The topological polar surface area (TPSA) is 97.6 Å². The predicted octanol–water partition coefficient (Wildman–Crippen LogP) is 1.78. The van der Waals surface area contributed by atoms with Gasteiger partial charge in [0.2, 0.25) is 12.4 Å². The summed E-state index contributed by atoms with van der Waals surface area (Å²) in [6.07, 6.45) is -4.37. The Bertz CT molecular complexity index is 868. The number of benzene rings is 1. The van der Waals surface area contributed by atoms with E-state index in [1.807, 2.05) is 0 Å². The van der Waals surface area contributed by atoms with Gasteiger partial charge in [-0.1, -0.05) is 16.1 Å². The first-order valence-corrected chi connectivity index (χ1v) is 8.37. The molecule has 15 heteroatoms. The maximum absolute atomic E-state index is 12.3. The average molecular weight is 414 g/mol. The fourth-order valence-electron chi connectivity index (χ4n) is 1.73. The fraction of sp³-hybridized carbons (Fsp3) is 0.400. The number of alkyl halides is 6. The lowest BCUT2D eigenvalue weighted by Gasteiger charge is -2.15. The van der Waals surface area contributed by atoms with Crippen LogP contribution in [0.5, 0.6) is 0 Å². The molecular weight excluding hydrogens is 406 g/mol. The van der Waals surface area contributed by atoms with Crippen molar-refractivity contribution < 1.29 is 51.7 Å². The molecule has 0 saturated heterocycles. The molecule has 0 N–H and O–H groups in total. The zero-order valence-corrected chi connectivity index (χ0v) is 13.4. The molecule has 0 amide bonds. The quantitative estimate of drug-likeness (QED) is 0.301. The molecule has 1 aliphatic rings. The van der Waals surface area contributed by atoms with Gasteiger partial charge < -0.3 is 9.45 Å². The lowest BCUT2D eigenvalue weighted by Crippen LogP contribution is -2.34. The molecule has 1 aromatic rings. The standard InChI is InChI=1S/C9H8F3N2O2S.CHF3O3S/c10-9(11,12)5-13-6-14(17(15)16)8-4-2-1-3-7(8)13;2-1(3,4)8(5,6)7/h1-4H,5-6H2;(H,5,6,7)/q+1;/p-1. The van der Waals surface area contributed by atoms with Crippen molar-refractivity contribution in [3.63, 3.8) is 0 Å². The number of nitrogens with zero attached hydrogens (tertiary/aromatic N) is 2. The minimum absolute atomic E-state index is 0.269.